The second kappa shape index (κ2) is 12.7. The van der Waals surface area contributed by atoms with Crippen LogP contribution in [0.15, 0.2) is 71.9 Å². The number of fused-ring (bicyclic) bond motifs is 1. The maximum absolute atomic E-state index is 13.5. The number of amides is 2. The van der Waals surface area contributed by atoms with Crippen molar-refractivity contribution in [2.75, 3.05) is 12.5 Å². The normalized spacial score (nSPS) is 20.5. The molecule has 1 N–H and O–H groups in total. The average Bonchev–Trinajstić information content (AvgIpc) is 2.95. The number of carbonyl (C=O) groups excluding carboxylic acids is 5. The lowest BCUT2D eigenvalue weighted by Crippen LogP contribution is -2.74. The molecule has 0 radical (unpaired) electrons. The van der Waals surface area contributed by atoms with Crippen LogP contribution in [0.2, 0.25) is 0 Å². The Bertz CT molecular complexity index is 1430. The van der Waals surface area contributed by atoms with E-state index in [9.17, 15) is 28.2 Å². The van der Waals surface area contributed by atoms with Gasteiger partial charge in [-0.15, -0.1) is 0 Å². The van der Waals surface area contributed by atoms with E-state index in [4.69, 9.17) is 14.2 Å². The molecule has 42 heavy (non-hydrogen) atoms. The minimum atomic E-state index is -1.66. The van der Waals surface area contributed by atoms with Crippen LogP contribution >= 0.6 is 0 Å². The molecule has 2 aromatic rings. The minimum Gasteiger partial charge on any atom is -0.460 e. The molecule has 2 aromatic carbocycles. The van der Waals surface area contributed by atoms with Gasteiger partial charge in [-0.3, -0.25) is 28.3 Å². The molecule has 0 aliphatic carbocycles. The molecule has 222 valence electrons. The number of rotatable bonds is 9. The van der Waals surface area contributed by atoms with E-state index in [1.807, 2.05) is 6.07 Å². The highest BCUT2D eigenvalue weighted by Gasteiger charge is 2.57. The summed E-state index contributed by atoms with van der Waals surface area (Å²) in [7, 11) is -1.66. The summed E-state index contributed by atoms with van der Waals surface area (Å²) in [6.07, 6.45) is 0. The van der Waals surface area contributed by atoms with Crippen LogP contribution in [0, 0.1) is 5.41 Å². The Balaban J connectivity index is 1.47. The second-order valence-electron chi connectivity index (χ2n) is 10.9. The van der Waals surface area contributed by atoms with Gasteiger partial charge in [0.05, 0.1) is 16.2 Å². The molecule has 0 saturated carbocycles. The molecule has 0 bridgehead atoms. The molecular formula is C30H32N2O9S. The minimum absolute atomic E-state index is 0.0474. The Morgan fingerprint density at radius 1 is 0.976 bits per heavy atom. The molecule has 3 unspecified atom stereocenters. The first kappa shape index (κ1) is 30.6. The third-order valence-corrected chi connectivity index (χ3v) is 8.39. The number of hydrogen-bond acceptors (Lipinski definition) is 9. The Kier molecular flexibility index (Phi) is 9.25. The van der Waals surface area contributed by atoms with Crippen molar-refractivity contribution < 1.29 is 42.4 Å². The summed E-state index contributed by atoms with van der Waals surface area (Å²) >= 11 is 0. The zero-order chi connectivity index (χ0) is 30.6. The highest BCUT2D eigenvalue weighted by molar-refractivity contribution is 7.86. The van der Waals surface area contributed by atoms with Gasteiger partial charge in [0, 0.05) is 5.75 Å². The van der Waals surface area contributed by atoms with Gasteiger partial charge in [-0.25, -0.2) is 4.79 Å². The van der Waals surface area contributed by atoms with Crippen molar-refractivity contribution in [3.8, 4) is 0 Å². The molecule has 0 aromatic heterocycles. The fourth-order valence-corrected chi connectivity index (χ4v) is 6.13. The molecule has 2 amide bonds. The first-order valence-corrected chi connectivity index (χ1v) is 14.6. The van der Waals surface area contributed by atoms with Crippen molar-refractivity contribution in [2.45, 2.75) is 51.6 Å². The van der Waals surface area contributed by atoms with E-state index >= 15 is 0 Å². The number of nitrogens with one attached hydrogen (secondary N) is 1. The van der Waals surface area contributed by atoms with E-state index in [0.29, 0.717) is 11.1 Å². The number of ether oxygens (including phenoxy) is 3. The van der Waals surface area contributed by atoms with E-state index in [1.54, 1.807) is 82.3 Å². The fourth-order valence-electron chi connectivity index (χ4n) is 4.46. The number of nitrogens with zero attached hydrogens (tertiary/aromatic N) is 1. The standard InChI is InChI=1S/C30H32N2O9S/c1-18-16-42(38)26-22(25(34)32(26)23(18)28(36)40-17-41-29(37)30(2,3)4)31-24(33)21(20-13-9-6-10-14-20)27(35)39-15-19-11-7-5-8-12-19/h5-14,21-22,26H,15-17H2,1-4H3,(H,31,33)/t21?,22?,26-,42?/m1/s1. The summed E-state index contributed by atoms with van der Waals surface area (Å²) in [5.41, 5.74) is 0.505. The molecule has 1 saturated heterocycles. The van der Waals surface area contributed by atoms with Gasteiger partial charge in [0.2, 0.25) is 12.7 Å². The van der Waals surface area contributed by atoms with Crippen LogP contribution < -0.4 is 5.32 Å². The van der Waals surface area contributed by atoms with Gasteiger partial charge < -0.3 is 19.5 Å². The summed E-state index contributed by atoms with van der Waals surface area (Å²) in [6.45, 7) is 5.75. The number of esters is 3. The first-order valence-electron chi connectivity index (χ1n) is 13.2. The molecule has 2 heterocycles. The maximum Gasteiger partial charge on any atom is 0.357 e. The predicted molar refractivity (Wildman–Crippen MR) is 150 cm³/mol. The van der Waals surface area contributed by atoms with Gasteiger partial charge in [0.15, 0.2) is 5.92 Å². The van der Waals surface area contributed by atoms with Gasteiger partial charge in [0.25, 0.3) is 5.91 Å². The molecule has 2 aliphatic rings. The van der Waals surface area contributed by atoms with Gasteiger partial charge in [-0.1, -0.05) is 60.7 Å². The smallest absolute Gasteiger partial charge is 0.357 e. The molecule has 2 aliphatic heterocycles. The van der Waals surface area contributed by atoms with E-state index in [2.05, 4.69) is 5.32 Å². The van der Waals surface area contributed by atoms with Crippen LogP contribution in [-0.4, -0.2) is 62.8 Å². The van der Waals surface area contributed by atoms with E-state index in [1.165, 1.54) is 0 Å². The molecule has 1 fully saturated rings. The lowest BCUT2D eigenvalue weighted by Gasteiger charge is -2.49. The summed E-state index contributed by atoms with van der Waals surface area (Å²) in [5, 5.41) is 1.50. The van der Waals surface area contributed by atoms with Crippen molar-refractivity contribution in [2.24, 2.45) is 5.41 Å². The van der Waals surface area contributed by atoms with E-state index < -0.39 is 70.1 Å². The van der Waals surface area contributed by atoms with Gasteiger partial charge >= 0.3 is 17.9 Å². The van der Waals surface area contributed by atoms with E-state index in [-0.39, 0.29) is 18.1 Å². The van der Waals surface area contributed by atoms with Crippen LogP contribution in [0.25, 0.3) is 0 Å². The lowest BCUT2D eigenvalue weighted by atomic mass is 9.96. The second-order valence-corrected chi connectivity index (χ2v) is 12.4. The summed E-state index contributed by atoms with van der Waals surface area (Å²) in [5.74, 6) is -5.27. The van der Waals surface area contributed by atoms with E-state index in [0.717, 1.165) is 10.5 Å². The highest BCUT2D eigenvalue weighted by Crippen LogP contribution is 2.35. The van der Waals surface area contributed by atoms with Crippen molar-refractivity contribution in [1.29, 1.82) is 0 Å². The number of hydrogen-bond donors (Lipinski definition) is 1. The quantitative estimate of drug-likeness (QED) is 0.199. The van der Waals surface area contributed by atoms with Gasteiger partial charge in [-0.2, -0.15) is 0 Å². The van der Waals surface area contributed by atoms with Crippen molar-refractivity contribution in [1.82, 2.24) is 10.2 Å². The van der Waals surface area contributed by atoms with Gasteiger partial charge in [0.1, 0.15) is 23.7 Å². The molecule has 11 nitrogen and oxygen atoms in total. The average molecular weight is 597 g/mol. The van der Waals surface area contributed by atoms with Crippen LogP contribution in [0.4, 0.5) is 0 Å². The Labute approximate surface area is 245 Å². The first-order chi connectivity index (χ1) is 19.9. The Morgan fingerprint density at radius 2 is 1.60 bits per heavy atom. The zero-order valence-electron chi connectivity index (χ0n) is 23.7. The Hall–Kier alpha value is -4.32. The third-order valence-electron chi connectivity index (χ3n) is 6.65. The highest BCUT2D eigenvalue weighted by atomic mass is 32.2. The SMILES string of the molecule is CC1=C(C(=O)OCOC(=O)C(C)(C)C)N2C(=O)C(NC(=O)C(C(=O)OCc3ccccc3)c3ccccc3)[C@H]2S(=O)C1. The predicted octanol–water partition coefficient (Wildman–Crippen LogP) is 2.29. The molecule has 0 spiro atoms. The summed E-state index contributed by atoms with van der Waals surface area (Å²) in [6, 6.07) is 15.9. The van der Waals surface area contributed by atoms with Crippen molar-refractivity contribution in [3.63, 3.8) is 0 Å². The zero-order valence-corrected chi connectivity index (χ0v) is 24.5. The lowest BCUT2D eigenvalue weighted by molar-refractivity contribution is -0.173. The number of benzene rings is 2. The Morgan fingerprint density at radius 3 is 2.21 bits per heavy atom. The number of β-lactam (4-membered cyclic amide) rings is 1. The van der Waals surface area contributed by atoms with Crippen molar-refractivity contribution >= 4 is 40.5 Å². The maximum atomic E-state index is 13.5. The van der Waals surface area contributed by atoms with Crippen LogP contribution in [-0.2, 0) is 55.6 Å². The van der Waals surface area contributed by atoms with Gasteiger partial charge in [-0.05, 0) is 44.4 Å². The largest absolute Gasteiger partial charge is 0.460 e. The molecule has 12 heteroatoms. The molecule has 4 rings (SSSR count). The summed E-state index contributed by atoms with van der Waals surface area (Å²) in [4.78, 5) is 65.7. The van der Waals surface area contributed by atoms with Crippen LogP contribution in [0.1, 0.15) is 44.7 Å². The summed E-state index contributed by atoms with van der Waals surface area (Å²) < 4.78 is 28.5. The van der Waals surface area contributed by atoms with Crippen molar-refractivity contribution in [3.05, 3.63) is 83.1 Å². The number of carbonyl (C=O) groups is 5. The molecule has 4 atom stereocenters. The molecular weight excluding hydrogens is 564 g/mol. The topological polar surface area (TPSA) is 145 Å². The van der Waals surface area contributed by atoms with Crippen LogP contribution in [0.5, 0.6) is 0 Å². The van der Waals surface area contributed by atoms with Crippen LogP contribution in [0.3, 0.4) is 0 Å². The monoisotopic (exact) mass is 596 g/mol. The third kappa shape index (κ3) is 6.59. The fraction of sp³-hybridized carbons (Fsp3) is 0.367.